The van der Waals surface area contributed by atoms with Gasteiger partial charge >= 0.3 is 5.97 Å². The van der Waals surface area contributed by atoms with Crippen molar-refractivity contribution >= 4 is 11.7 Å². The Morgan fingerprint density at radius 2 is 2.21 bits per heavy atom. The van der Waals surface area contributed by atoms with Gasteiger partial charge in [0.15, 0.2) is 0 Å². The zero-order valence-corrected chi connectivity index (χ0v) is 10.4. The van der Waals surface area contributed by atoms with Crippen LogP contribution in [0.25, 0.3) is 0 Å². The van der Waals surface area contributed by atoms with E-state index in [0.29, 0.717) is 22.5 Å². The van der Waals surface area contributed by atoms with Crippen molar-refractivity contribution in [3.05, 3.63) is 59.2 Å². The summed E-state index contributed by atoms with van der Waals surface area (Å²) in [5.41, 5.74) is 7.41. The van der Waals surface area contributed by atoms with Crippen molar-refractivity contribution in [2.24, 2.45) is 0 Å². The minimum Gasteiger partial charge on any atom is -0.457 e. The van der Waals surface area contributed by atoms with Crippen LogP contribution in [-0.4, -0.2) is 11.0 Å². The number of carbonyl (C=O) groups excluding carboxylic acids is 1. The summed E-state index contributed by atoms with van der Waals surface area (Å²) < 4.78 is 18.1. The van der Waals surface area contributed by atoms with Gasteiger partial charge in [0.25, 0.3) is 0 Å². The third-order valence-corrected chi connectivity index (χ3v) is 2.59. The highest BCUT2D eigenvalue weighted by Crippen LogP contribution is 2.12. The van der Waals surface area contributed by atoms with Crippen LogP contribution < -0.4 is 5.73 Å². The topological polar surface area (TPSA) is 65.2 Å². The van der Waals surface area contributed by atoms with Gasteiger partial charge in [0, 0.05) is 0 Å². The normalized spacial score (nSPS) is 10.2. The number of esters is 1. The first-order valence-electron chi connectivity index (χ1n) is 5.70. The third-order valence-electron chi connectivity index (χ3n) is 2.59. The number of nitrogen functional groups attached to an aromatic ring is 1. The van der Waals surface area contributed by atoms with Crippen molar-refractivity contribution < 1.29 is 13.9 Å². The third kappa shape index (κ3) is 3.28. The highest BCUT2D eigenvalue weighted by atomic mass is 19.1. The standard InChI is InChI=1S/C14H13FN2O2/c1-9-13(6-12(16)7-17-9)14(18)19-8-10-3-2-4-11(15)5-10/h2-7H,8,16H2,1H3. The van der Waals surface area contributed by atoms with E-state index in [4.69, 9.17) is 10.5 Å². The largest absolute Gasteiger partial charge is 0.457 e. The van der Waals surface area contributed by atoms with Crippen LogP contribution in [-0.2, 0) is 11.3 Å². The number of benzene rings is 1. The molecule has 1 heterocycles. The van der Waals surface area contributed by atoms with E-state index in [9.17, 15) is 9.18 Å². The molecule has 0 spiro atoms. The highest BCUT2D eigenvalue weighted by molar-refractivity contribution is 5.91. The molecular formula is C14H13FN2O2. The van der Waals surface area contributed by atoms with Crippen molar-refractivity contribution in [2.45, 2.75) is 13.5 Å². The molecule has 0 radical (unpaired) electrons. The Bertz CT molecular complexity index is 614. The monoisotopic (exact) mass is 260 g/mol. The van der Waals surface area contributed by atoms with E-state index in [0.717, 1.165) is 0 Å². The molecule has 2 N–H and O–H groups in total. The second-order valence-corrected chi connectivity index (χ2v) is 4.11. The lowest BCUT2D eigenvalue weighted by Gasteiger charge is -2.07. The van der Waals surface area contributed by atoms with E-state index in [1.54, 1.807) is 19.1 Å². The smallest absolute Gasteiger partial charge is 0.340 e. The van der Waals surface area contributed by atoms with E-state index in [2.05, 4.69) is 4.98 Å². The average Bonchev–Trinajstić information content (AvgIpc) is 2.39. The number of hydrogen-bond acceptors (Lipinski definition) is 4. The number of pyridine rings is 1. The maximum absolute atomic E-state index is 13.0. The molecule has 5 heteroatoms. The first-order valence-corrected chi connectivity index (χ1v) is 5.70. The van der Waals surface area contributed by atoms with E-state index in [1.807, 2.05) is 0 Å². The van der Waals surface area contributed by atoms with Crippen LogP contribution >= 0.6 is 0 Å². The van der Waals surface area contributed by atoms with Crippen molar-refractivity contribution in [1.82, 2.24) is 4.98 Å². The van der Waals surface area contributed by atoms with Crippen LogP contribution in [0.4, 0.5) is 10.1 Å². The molecule has 2 rings (SSSR count). The van der Waals surface area contributed by atoms with Crippen molar-refractivity contribution in [3.8, 4) is 0 Å². The molecule has 1 aromatic heterocycles. The fourth-order valence-corrected chi connectivity index (χ4v) is 1.61. The Morgan fingerprint density at radius 3 is 2.95 bits per heavy atom. The lowest BCUT2D eigenvalue weighted by molar-refractivity contribution is 0.0471. The van der Waals surface area contributed by atoms with Gasteiger partial charge in [-0.1, -0.05) is 12.1 Å². The average molecular weight is 260 g/mol. The van der Waals surface area contributed by atoms with Crippen LogP contribution in [0, 0.1) is 12.7 Å². The second-order valence-electron chi connectivity index (χ2n) is 4.11. The first kappa shape index (κ1) is 13.0. The molecule has 0 saturated heterocycles. The second kappa shape index (κ2) is 5.48. The number of ether oxygens (including phenoxy) is 1. The number of nitrogens with two attached hydrogens (primary N) is 1. The van der Waals surface area contributed by atoms with Gasteiger partial charge in [-0.15, -0.1) is 0 Å². The number of nitrogens with zero attached hydrogens (tertiary/aromatic N) is 1. The van der Waals surface area contributed by atoms with Gasteiger partial charge in [-0.3, -0.25) is 4.98 Å². The maximum Gasteiger partial charge on any atom is 0.340 e. The molecule has 0 fully saturated rings. The molecule has 4 nitrogen and oxygen atoms in total. The number of aromatic nitrogens is 1. The summed E-state index contributed by atoms with van der Waals surface area (Å²) in [6.07, 6.45) is 1.47. The molecule has 0 aliphatic heterocycles. The molecule has 1 aromatic carbocycles. The first-order chi connectivity index (χ1) is 9.06. The molecule has 0 unspecified atom stereocenters. The number of rotatable bonds is 3. The molecule has 2 aromatic rings. The lowest BCUT2D eigenvalue weighted by atomic mass is 10.2. The molecule has 19 heavy (non-hydrogen) atoms. The summed E-state index contributed by atoms with van der Waals surface area (Å²) in [4.78, 5) is 15.8. The predicted molar refractivity (Wildman–Crippen MR) is 68.9 cm³/mol. The van der Waals surface area contributed by atoms with E-state index in [-0.39, 0.29) is 12.4 Å². The number of aryl methyl sites for hydroxylation is 1. The Labute approximate surface area is 110 Å². The van der Waals surface area contributed by atoms with Gasteiger partial charge in [-0.05, 0) is 30.7 Å². The molecular weight excluding hydrogens is 247 g/mol. The van der Waals surface area contributed by atoms with Crippen molar-refractivity contribution in [1.29, 1.82) is 0 Å². The lowest BCUT2D eigenvalue weighted by Crippen LogP contribution is -2.09. The maximum atomic E-state index is 13.0. The number of anilines is 1. The van der Waals surface area contributed by atoms with E-state index in [1.165, 1.54) is 24.4 Å². The fraction of sp³-hybridized carbons (Fsp3) is 0.143. The Kier molecular flexibility index (Phi) is 3.75. The quantitative estimate of drug-likeness (QED) is 0.861. The summed E-state index contributed by atoms with van der Waals surface area (Å²) >= 11 is 0. The van der Waals surface area contributed by atoms with Crippen LogP contribution in [0.2, 0.25) is 0 Å². The van der Waals surface area contributed by atoms with Crippen LogP contribution in [0.1, 0.15) is 21.6 Å². The van der Waals surface area contributed by atoms with Gasteiger partial charge in [0.2, 0.25) is 0 Å². The minimum atomic E-state index is -0.526. The number of carbonyl (C=O) groups is 1. The molecule has 0 amide bonds. The zero-order valence-electron chi connectivity index (χ0n) is 10.4. The Balaban J connectivity index is 2.07. The van der Waals surface area contributed by atoms with Crippen LogP contribution in [0.3, 0.4) is 0 Å². The predicted octanol–water partition coefficient (Wildman–Crippen LogP) is 2.47. The molecule has 0 aliphatic carbocycles. The molecule has 0 bridgehead atoms. The van der Waals surface area contributed by atoms with Crippen LogP contribution in [0.15, 0.2) is 36.5 Å². The number of hydrogen-bond donors (Lipinski definition) is 1. The van der Waals surface area contributed by atoms with Gasteiger partial charge in [-0.2, -0.15) is 0 Å². The van der Waals surface area contributed by atoms with Crippen molar-refractivity contribution in [3.63, 3.8) is 0 Å². The molecule has 98 valence electrons. The number of halogens is 1. The van der Waals surface area contributed by atoms with E-state index >= 15 is 0 Å². The highest BCUT2D eigenvalue weighted by Gasteiger charge is 2.12. The van der Waals surface area contributed by atoms with Gasteiger partial charge in [-0.25, -0.2) is 9.18 Å². The Hall–Kier alpha value is -2.43. The summed E-state index contributed by atoms with van der Waals surface area (Å²) in [7, 11) is 0. The zero-order chi connectivity index (χ0) is 13.8. The molecule has 0 atom stereocenters. The van der Waals surface area contributed by atoms with E-state index < -0.39 is 5.97 Å². The fourth-order valence-electron chi connectivity index (χ4n) is 1.61. The van der Waals surface area contributed by atoms with Gasteiger partial charge in [0.1, 0.15) is 12.4 Å². The summed E-state index contributed by atoms with van der Waals surface area (Å²) in [5, 5.41) is 0. The van der Waals surface area contributed by atoms with Gasteiger partial charge < -0.3 is 10.5 Å². The van der Waals surface area contributed by atoms with Gasteiger partial charge in [0.05, 0.1) is 23.1 Å². The van der Waals surface area contributed by atoms with Crippen molar-refractivity contribution in [2.75, 3.05) is 5.73 Å². The minimum absolute atomic E-state index is 0.00479. The molecule has 0 aliphatic rings. The summed E-state index contributed by atoms with van der Waals surface area (Å²) in [6.45, 7) is 1.70. The Morgan fingerprint density at radius 1 is 1.42 bits per heavy atom. The SMILES string of the molecule is Cc1ncc(N)cc1C(=O)OCc1cccc(F)c1. The van der Waals surface area contributed by atoms with Crippen LogP contribution in [0.5, 0.6) is 0 Å². The summed E-state index contributed by atoms with van der Waals surface area (Å²) in [5.74, 6) is -0.892. The molecule has 0 saturated carbocycles. The summed E-state index contributed by atoms with van der Waals surface area (Å²) in [6, 6.07) is 7.40.